The summed E-state index contributed by atoms with van der Waals surface area (Å²) in [5.74, 6) is 0.579. The van der Waals surface area contributed by atoms with Gasteiger partial charge in [0.2, 0.25) is 5.91 Å². The van der Waals surface area contributed by atoms with E-state index >= 15 is 0 Å². The van der Waals surface area contributed by atoms with Crippen molar-refractivity contribution in [1.29, 1.82) is 0 Å². The molecular weight excluding hydrogens is 268 g/mol. The predicted molar refractivity (Wildman–Crippen MR) is 81.0 cm³/mol. The molecule has 0 radical (unpaired) electrons. The van der Waals surface area contributed by atoms with E-state index in [2.05, 4.69) is 24.1 Å². The molecule has 0 unspecified atom stereocenters. The van der Waals surface area contributed by atoms with Gasteiger partial charge in [0, 0.05) is 44.7 Å². The summed E-state index contributed by atoms with van der Waals surface area (Å²) in [6.45, 7) is 6.45. The first-order valence-corrected chi connectivity index (χ1v) is 7.54. The maximum atomic E-state index is 12.4. The Hall–Kier alpha value is -1.40. The van der Waals surface area contributed by atoms with E-state index in [-0.39, 0.29) is 5.91 Å². The van der Waals surface area contributed by atoms with Crippen LogP contribution >= 0.6 is 0 Å². The van der Waals surface area contributed by atoms with E-state index in [1.165, 1.54) is 0 Å². The van der Waals surface area contributed by atoms with Gasteiger partial charge in [-0.15, -0.1) is 0 Å². The molecule has 2 heterocycles. The molecule has 1 aromatic rings. The van der Waals surface area contributed by atoms with Gasteiger partial charge in [0.05, 0.1) is 19.4 Å². The van der Waals surface area contributed by atoms with Gasteiger partial charge in [0.15, 0.2) is 0 Å². The minimum absolute atomic E-state index is 0.192. The number of carbonyl (C=O) groups is 1. The molecule has 6 nitrogen and oxygen atoms in total. The summed E-state index contributed by atoms with van der Waals surface area (Å²) in [4.78, 5) is 16.5. The molecule has 0 N–H and O–H groups in total. The standard InChI is InChI=1S/C15H26N4O2/c1-13-8-16-19(9-13)5-4-15(20)18-6-7-21-12-14(11-18)10-17(2)3/h8-9,14H,4-7,10-12H2,1-3H3/t14-/m1/s1. The SMILES string of the molecule is Cc1cnn(CCC(=O)N2CCOC[C@H](CN(C)C)C2)c1. The van der Waals surface area contributed by atoms with Crippen LogP contribution in [-0.2, 0) is 16.1 Å². The summed E-state index contributed by atoms with van der Waals surface area (Å²) in [5.41, 5.74) is 1.12. The van der Waals surface area contributed by atoms with Crippen molar-refractivity contribution in [1.82, 2.24) is 19.6 Å². The number of hydrogen-bond donors (Lipinski definition) is 0. The molecule has 21 heavy (non-hydrogen) atoms. The third-order valence-electron chi connectivity index (χ3n) is 3.63. The summed E-state index contributed by atoms with van der Waals surface area (Å²) in [5, 5.41) is 4.22. The van der Waals surface area contributed by atoms with Crippen molar-refractivity contribution < 1.29 is 9.53 Å². The van der Waals surface area contributed by atoms with E-state index < -0.39 is 0 Å². The third kappa shape index (κ3) is 5.13. The second kappa shape index (κ2) is 7.56. The highest BCUT2D eigenvalue weighted by atomic mass is 16.5. The molecule has 1 aliphatic rings. The first-order chi connectivity index (χ1) is 10.0. The van der Waals surface area contributed by atoms with Crippen molar-refractivity contribution in [3.8, 4) is 0 Å². The van der Waals surface area contributed by atoms with Crippen LogP contribution in [0.3, 0.4) is 0 Å². The van der Waals surface area contributed by atoms with Crippen LogP contribution in [-0.4, -0.2) is 72.4 Å². The van der Waals surface area contributed by atoms with Gasteiger partial charge in [-0.3, -0.25) is 9.48 Å². The number of rotatable bonds is 5. The topological polar surface area (TPSA) is 50.6 Å². The zero-order valence-corrected chi connectivity index (χ0v) is 13.3. The van der Waals surface area contributed by atoms with Crippen molar-refractivity contribution >= 4 is 5.91 Å². The molecule has 0 aromatic carbocycles. The average molecular weight is 294 g/mol. The fraction of sp³-hybridized carbons (Fsp3) is 0.733. The van der Waals surface area contributed by atoms with E-state index in [1.54, 1.807) is 0 Å². The molecule has 0 saturated carbocycles. The highest BCUT2D eigenvalue weighted by Crippen LogP contribution is 2.10. The Morgan fingerprint density at radius 1 is 1.52 bits per heavy atom. The van der Waals surface area contributed by atoms with Gasteiger partial charge in [-0.05, 0) is 26.6 Å². The summed E-state index contributed by atoms with van der Waals surface area (Å²) >= 11 is 0. The molecule has 2 rings (SSSR count). The quantitative estimate of drug-likeness (QED) is 0.799. The Balaban J connectivity index is 1.84. The maximum Gasteiger partial charge on any atom is 0.224 e. The molecule has 0 bridgehead atoms. The number of amides is 1. The minimum atomic E-state index is 0.192. The Bertz CT molecular complexity index is 458. The predicted octanol–water partition coefficient (Wildman–Crippen LogP) is 0.618. The summed E-state index contributed by atoms with van der Waals surface area (Å²) in [6, 6.07) is 0. The molecule has 6 heteroatoms. The molecule has 1 saturated heterocycles. The van der Waals surface area contributed by atoms with Crippen LogP contribution in [0, 0.1) is 12.8 Å². The second-order valence-electron chi connectivity index (χ2n) is 6.07. The molecule has 1 amide bonds. The largest absolute Gasteiger partial charge is 0.379 e. The van der Waals surface area contributed by atoms with Crippen LogP contribution in [0.4, 0.5) is 0 Å². The average Bonchev–Trinajstić information content (AvgIpc) is 2.70. The molecule has 1 aromatic heterocycles. The number of hydrogen-bond acceptors (Lipinski definition) is 4. The molecular formula is C15H26N4O2. The lowest BCUT2D eigenvalue weighted by Gasteiger charge is -2.25. The van der Waals surface area contributed by atoms with E-state index in [1.807, 2.05) is 28.9 Å². The summed E-state index contributed by atoms with van der Waals surface area (Å²) in [6.07, 6.45) is 4.28. The Kier molecular flexibility index (Phi) is 5.76. The van der Waals surface area contributed by atoms with E-state index in [0.717, 1.165) is 25.3 Å². The highest BCUT2D eigenvalue weighted by molar-refractivity contribution is 5.76. The van der Waals surface area contributed by atoms with Crippen LogP contribution in [0.25, 0.3) is 0 Å². The monoisotopic (exact) mass is 294 g/mol. The molecule has 1 fully saturated rings. The zero-order valence-electron chi connectivity index (χ0n) is 13.3. The highest BCUT2D eigenvalue weighted by Gasteiger charge is 2.22. The van der Waals surface area contributed by atoms with Gasteiger partial charge >= 0.3 is 0 Å². The molecule has 118 valence electrons. The summed E-state index contributed by atoms with van der Waals surface area (Å²) < 4.78 is 7.45. The van der Waals surface area contributed by atoms with E-state index in [9.17, 15) is 4.79 Å². The summed E-state index contributed by atoms with van der Waals surface area (Å²) in [7, 11) is 4.11. The van der Waals surface area contributed by atoms with Gasteiger partial charge in [0.1, 0.15) is 0 Å². The normalized spacial score (nSPS) is 19.8. The number of nitrogens with zero attached hydrogens (tertiary/aromatic N) is 4. The van der Waals surface area contributed by atoms with Crippen molar-refractivity contribution in [2.45, 2.75) is 19.9 Å². The van der Waals surface area contributed by atoms with Gasteiger partial charge < -0.3 is 14.5 Å². The van der Waals surface area contributed by atoms with Gasteiger partial charge in [-0.25, -0.2) is 0 Å². The fourth-order valence-corrected chi connectivity index (χ4v) is 2.69. The van der Waals surface area contributed by atoms with Crippen LogP contribution in [0.15, 0.2) is 12.4 Å². The fourth-order valence-electron chi connectivity index (χ4n) is 2.69. The molecule has 0 spiro atoms. The van der Waals surface area contributed by atoms with Crippen molar-refractivity contribution in [2.24, 2.45) is 5.92 Å². The zero-order chi connectivity index (χ0) is 15.2. The van der Waals surface area contributed by atoms with Crippen LogP contribution in [0.5, 0.6) is 0 Å². The van der Waals surface area contributed by atoms with Crippen LogP contribution < -0.4 is 0 Å². The van der Waals surface area contributed by atoms with Gasteiger partial charge in [-0.2, -0.15) is 5.10 Å². The Morgan fingerprint density at radius 3 is 3.00 bits per heavy atom. The van der Waals surface area contributed by atoms with Gasteiger partial charge in [0.25, 0.3) is 0 Å². The number of ether oxygens (including phenoxy) is 1. The minimum Gasteiger partial charge on any atom is -0.379 e. The molecule has 1 atom stereocenters. The lowest BCUT2D eigenvalue weighted by molar-refractivity contribution is -0.131. The molecule has 1 aliphatic heterocycles. The second-order valence-corrected chi connectivity index (χ2v) is 6.07. The van der Waals surface area contributed by atoms with Gasteiger partial charge in [-0.1, -0.05) is 0 Å². The first-order valence-electron chi connectivity index (χ1n) is 7.54. The number of aryl methyl sites for hydroxylation is 2. The van der Waals surface area contributed by atoms with Crippen molar-refractivity contribution in [3.05, 3.63) is 18.0 Å². The number of carbonyl (C=O) groups excluding carboxylic acids is 1. The first kappa shape index (κ1) is 16.0. The van der Waals surface area contributed by atoms with Crippen LogP contribution in [0.1, 0.15) is 12.0 Å². The lowest BCUT2D eigenvalue weighted by Crippen LogP contribution is -2.39. The van der Waals surface area contributed by atoms with Crippen molar-refractivity contribution in [2.75, 3.05) is 46.9 Å². The van der Waals surface area contributed by atoms with E-state index in [4.69, 9.17) is 4.74 Å². The Labute approximate surface area is 126 Å². The number of aromatic nitrogens is 2. The van der Waals surface area contributed by atoms with Crippen LogP contribution in [0.2, 0.25) is 0 Å². The molecule has 0 aliphatic carbocycles. The Morgan fingerprint density at radius 2 is 2.33 bits per heavy atom. The lowest BCUT2D eigenvalue weighted by atomic mass is 10.1. The third-order valence-corrected chi connectivity index (χ3v) is 3.63. The van der Waals surface area contributed by atoms with Crippen molar-refractivity contribution in [3.63, 3.8) is 0 Å². The van der Waals surface area contributed by atoms with E-state index in [0.29, 0.717) is 32.0 Å². The maximum absolute atomic E-state index is 12.4. The smallest absolute Gasteiger partial charge is 0.224 e.